The Morgan fingerprint density at radius 1 is 1.24 bits per heavy atom. The number of hydrogen-bond donors (Lipinski definition) is 0. The molecule has 0 spiro atoms. The smallest absolute Gasteiger partial charge is 0.232 e. The first-order chi connectivity index (χ1) is 12.3. The van der Waals surface area contributed by atoms with Crippen LogP contribution in [0, 0.1) is 5.92 Å². The zero-order chi connectivity index (χ0) is 17.1. The maximum atomic E-state index is 12.3. The summed E-state index contributed by atoms with van der Waals surface area (Å²) in [5.41, 5.74) is 2.96. The second-order valence-electron chi connectivity index (χ2n) is 7.01. The molecule has 2 aromatic heterocycles. The van der Waals surface area contributed by atoms with E-state index in [1.54, 1.807) is 11.3 Å². The summed E-state index contributed by atoms with van der Waals surface area (Å²) in [7, 11) is 0. The molecular weight excluding hydrogens is 352 g/mol. The summed E-state index contributed by atoms with van der Waals surface area (Å²) in [6, 6.07) is 0. The molecule has 2 aliphatic rings. The van der Waals surface area contributed by atoms with Gasteiger partial charge in [0.2, 0.25) is 5.91 Å². The van der Waals surface area contributed by atoms with Crippen LogP contribution in [0.15, 0.2) is 23.3 Å². The molecule has 0 atom stereocenters. The normalized spacial score (nSPS) is 18.6. The van der Waals surface area contributed by atoms with Crippen molar-refractivity contribution in [1.29, 1.82) is 0 Å². The lowest BCUT2D eigenvalue weighted by Gasteiger charge is -2.32. The van der Waals surface area contributed by atoms with E-state index in [1.165, 1.54) is 12.8 Å². The van der Waals surface area contributed by atoms with Crippen LogP contribution in [-0.2, 0) is 11.3 Å². The Morgan fingerprint density at radius 3 is 2.80 bits per heavy atom. The predicted molar refractivity (Wildman–Crippen MR) is 102 cm³/mol. The number of piperidine rings is 1. The van der Waals surface area contributed by atoms with Crippen LogP contribution in [0.1, 0.15) is 43.1 Å². The Kier molecular flexibility index (Phi) is 5.41. The highest BCUT2D eigenvalue weighted by molar-refractivity contribution is 7.99. The van der Waals surface area contributed by atoms with Crippen LogP contribution in [0.2, 0.25) is 0 Å². The molecule has 0 bridgehead atoms. The van der Waals surface area contributed by atoms with Crippen LogP contribution >= 0.6 is 23.1 Å². The molecule has 0 aromatic carbocycles. The lowest BCUT2D eigenvalue weighted by atomic mass is 9.96. The fourth-order valence-electron chi connectivity index (χ4n) is 3.38. The van der Waals surface area contributed by atoms with E-state index in [9.17, 15) is 4.79 Å². The fraction of sp³-hybridized carbons (Fsp3) is 0.611. The van der Waals surface area contributed by atoms with Gasteiger partial charge in [0.15, 0.2) is 0 Å². The Bertz CT molecular complexity index is 688. The number of thioether (sulfide) groups is 1. The Labute approximate surface area is 156 Å². The van der Waals surface area contributed by atoms with Crippen LogP contribution in [0.25, 0.3) is 0 Å². The average molecular weight is 377 g/mol. The van der Waals surface area contributed by atoms with Gasteiger partial charge in [-0.3, -0.25) is 4.79 Å². The van der Waals surface area contributed by atoms with Crippen molar-refractivity contribution in [1.82, 2.24) is 19.4 Å². The maximum Gasteiger partial charge on any atom is 0.232 e. The number of nitrogens with zero attached hydrogens (tertiary/aromatic N) is 4. The van der Waals surface area contributed by atoms with Gasteiger partial charge < -0.3 is 9.47 Å². The van der Waals surface area contributed by atoms with E-state index in [0.29, 0.717) is 17.6 Å². The lowest BCUT2D eigenvalue weighted by Crippen LogP contribution is -2.39. The van der Waals surface area contributed by atoms with Crippen LogP contribution in [0.3, 0.4) is 0 Å². The van der Waals surface area contributed by atoms with Gasteiger partial charge in [-0.05, 0) is 37.4 Å². The van der Waals surface area contributed by atoms with Gasteiger partial charge in [-0.1, -0.05) is 0 Å². The molecule has 2 aromatic rings. The van der Waals surface area contributed by atoms with E-state index in [4.69, 9.17) is 0 Å². The van der Waals surface area contributed by atoms with Gasteiger partial charge in [-0.2, -0.15) is 11.8 Å². The molecule has 1 saturated carbocycles. The van der Waals surface area contributed by atoms with Crippen molar-refractivity contribution in [3.05, 3.63) is 34.8 Å². The molecule has 3 heterocycles. The highest BCUT2D eigenvalue weighted by Crippen LogP contribution is 2.32. The largest absolute Gasteiger partial charge is 0.342 e. The third-order valence-corrected chi connectivity index (χ3v) is 6.85. The van der Waals surface area contributed by atoms with Crippen LogP contribution < -0.4 is 0 Å². The number of carbonyl (C=O) groups excluding carboxylic acids is 1. The van der Waals surface area contributed by atoms with Gasteiger partial charge in [0.1, 0.15) is 5.82 Å². The quantitative estimate of drug-likeness (QED) is 0.744. The molecule has 1 aliphatic heterocycles. The summed E-state index contributed by atoms with van der Waals surface area (Å²) in [5.74, 6) is 4.60. The van der Waals surface area contributed by atoms with E-state index in [2.05, 4.69) is 19.9 Å². The van der Waals surface area contributed by atoms with Crippen LogP contribution in [-0.4, -0.2) is 49.9 Å². The molecule has 134 valence electrons. The highest BCUT2D eigenvalue weighted by atomic mass is 32.2. The van der Waals surface area contributed by atoms with Crippen molar-refractivity contribution in [3.8, 4) is 0 Å². The number of likely N-dealkylation sites (tertiary alicyclic amines) is 1. The van der Waals surface area contributed by atoms with Gasteiger partial charge in [0, 0.05) is 36.8 Å². The zero-order valence-electron chi connectivity index (χ0n) is 14.3. The number of rotatable bonds is 7. The summed E-state index contributed by atoms with van der Waals surface area (Å²) in [6.45, 7) is 2.50. The molecule has 0 radical (unpaired) electrons. The first kappa shape index (κ1) is 17.1. The van der Waals surface area contributed by atoms with Gasteiger partial charge in [0.05, 0.1) is 23.5 Å². The number of hydrogen-bond acceptors (Lipinski definition) is 5. The zero-order valence-corrected chi connectivity index (χ0v) is 16.0. The first-order valence-corrected chi connectivity index (χ1v) is 11.1. The van der Waals surface area contributed by atoms with Crippen LogP contribution in [0.5, 0.6) is 0 Å². The average Bonchev–Trinajstić information content (AvgIpc) is 3.11. The minimum absolute atomic E-state index is 0.315. The lowest BCUT2D eigenvalue weighted by molar-refractivity contribution is -0.129. The minimum atomic E-state index is 0.315. The summed E-state index contributed by atoms with van der Waals surface area (Å²) in [5, 5.41) is 2.09. The molecule has 4 rings (SSSR count). The third kappa shape index (κ3) is 4.44. The predicted octanol–water partition coefficient (Wildman–Crippen LogP) is 3.24. The van der Waals surface area contributed by atoms with Crippen molar-refractivity contribution in [2.75, 3.05) is 24.6 Å². The molecule has 1 saturated heterocycles. The summed E-state index contributed by atoms with van der Waals surface area (Å²) in [6.07, 6.45) is 8.66. The number of aromatic nitrogens is 3. The van der Waals surface area contributed by atoms with E-state index >= 15 is 0 Å². The molecule has 25 heavy (non-hydrogen) atoms. The van der Waals surface area contributed by atoms with Crippen molar-refractivity contribution in [3.63, 3.8) is 0 Å². The summed E-state index contributed by atoms with van der Waals surface area (Å²) < 4.78 is 2.21. The fourth-order valence-corrected chi connectivity index (χ4v) is 5.07. The summed E-state index contributed by atoms with van der Waals surface area (Å²) >= 11 is 3.44. The SMILES string of the molecule is O=C(CSCC1CC1)N1CCC(c2nccn2Cc2cscn2)CC1. The molecule has 2 fully saturated rings. The second kappa shape index (κ2) is 7.91. The van der Waals surface area contributed by atoms with E-state index in [1.807, 2.05) is 34.6 Å². The van der Waals surface area contributed by atoms with Gasteiger partial charge in [-0.25, -0.2) is 9.97 Å². The Balaban J connectivity index is 1.28. The van der Waals surface area contributed by atoms with Crippen molar-refractivity contribution in [2.45, 2.75) is 38.1 Å². The van der Waals surface area contributed by atoms with Crippen molar-refractivity contribution < 1.29 is 4.79 Å². The monoisotopic (exact) mass is 376 g/mol. The van der Waals surface area contributed by atoms with Gasteiger partial charge >= 0.3 is 0 Å². The molecule has 1 aliphatic carbocycles. The molecular formula is C18H24N4OS2. The number of amides is 1. The molecule has 1 amide bonds. The van der Waals surface area contributed by atoms with Crippen LogP contribution in [0.4, 0.5) is 0 Å². The molecule has 0 N–H and O–H groups in total. The van der Waals surface area contributed by atoms with Gasteiger partial charge in [0.25, 0.3) is 0 Å². The number of thiazole rings is 1. The van der Waals surface area contributed by atoms with E-state index < -0.39 is 0 Å². The molecule has 0 unspecified atom stereocenters. The Morgan fingerprint density at radius 2 is 2.08 bits per heavy atom. The topological polar surface area (TPSA) is 51.0 Å². The summed E-state index contributed by atoms with van der Waals surface area (Å²) in [4.78, 5) is 23.4. The van der Waals surface area contributed by atoms with E-state index in [-0.39, 0.29) is 0 Å². The maximum absolute atomic E-state index is 12.3. The Hall–Kier alpha value is -1.34. The number of imidazole rings is 1. The van der Waals surface area contributed by atoms with E-state index in [0.717, 1.165) is 55.7 Å². The standard InChI is InChI=1S/C18H24N4OS2/c23-17(12-24-10-14-1-2-14)21-6-3-15(4-7-21)18-19-5-8-22(18)9-16-11-25-13-20-16/h5,8,11,13-15H,1-4,6-7,9-10,12H2. The third-order valence-electron chi connectivity index (χ3n) is 5.05. The highest BCUT2D eigenvalue weighted by Gasteiger charge is 2.27. The first-order valence-electron chi connectivity index (χ1n) is 9.03. The second-order valence-corrected chi connectivity index (χ2v) is 8.76. The molecule has 7 heteroatoms. The minimum Gasteiger partial charge on any atom is -0.342 e. The number of carbonyl (C=O) groups is 1. The van der Waals surface area contributed by atoms with Gasteiger partial charge in [-0.15, -0.1) is 11.3 Å². The van der Waals surface area contributed by atoms with Crippen molar-refractivity contribution in [2.24, 2.45) is 5.92 Å². The molecule has 5 nitrogen and oxygen atoms in total. The van der Waals surface area contributed by atoms with Crippen molar-refractivity contribution >= 4 is 29.0 Å².